The van der Waals surface area contributed by atoms with Crippen molar-refractivity contribution in [3.8, 4) is 0 Å². The second kappa shape index (κ2) is 5.59. The quantitative estimate of drug-likeness (QED) is 0.768. The second-order valence-electron chi connectivity index (χ2n) is 5.95. The van der Waals surface area contributed by atoms with Gasteiger partial charge in [0, 0.05) is 19.3 Å². The molecule has 0 radical (unpaired) electrons. The number of carbonyl (C=O) groups excluding carboxylic acids is 1. The highest BCUT2D eigenvalue weighted by Crippen LogP contribution is 2.18. The third-order valence-corrected chi connectivity index (χ3v) is 3.06. The Morgan fingerprint density at radius 1 is 1.21 bits per heavy atom. The van der Waals surface area contributed by atoms with Crippen LogP contribution in [-0.4, -0.2) is 29.6 Å². The van der Waals surface area contributed by atoms with Gasteiger partial charge in [-0.05, 0) is 52.2 Å². The molecule has 0 N–H and O–H groups in total. The van der Waals surface area contributed by atoms with E-state index in [2.05, 4.69) is 9.88 Å². The fraction of sp³-hybridized carbons (Fsp3) is 0.600. The van der Waals surface area contributed by atoms with Gasteiger partial charge >= 0.3 is 5.97 Å². The van der Waals surface area contributed by atoms with E-state index >= 15 is 0 Å². The van der Waals surface area contributed by atoms with E-state index in [9.17, 15) is 4.79 Å². The smallest absolute Gasteiger partial charge is 0.340 e. The van der Waals surface area contributed by atoms with E-state index in [4.69, 9.17) is 4.74 Å². The fourth-order valence-electron chi connectivity index (χ4n) is 2.15. The van der Waals surface area contributed by atoms with Gasteiger partial charge in [0.15, 0.2) is 0 Å². The maximum absolute atomic E-state index is 11.9. The molecule has 2 heterocycles. The Labute approximate surface area is 114 Å². The summed E-state index contributed by atoms with van der Waals surface area (Å²) in [5.41, 5.74) is 0.0403. The first-order chi connectivity index (χ1) is 8.96. The number of nitrogens with zero attached hydrogens (tertiary/aromatic N) is 2. The van der Waals surface area contributed by atoms with E-state index in [0.29, 0.717) is 5.56 Å². The van der Waals surface area contributed by atoms with Gasteiger partial charge in [0.2, 0.25) is 0 Å². The van der Waals surface area contributed by atoms with E-state index in [1.165, 1.54) is 19.3 Å². The summed E-state index contributed by atoms with van der Waals surface area (Å²) in [6, 6.07) is 3.70. The number of hydrogen-bond acceptors (Lipinski definition) is 4. The topological polar surface area (TPSA) is 42.4 Å². The second-order valence-corrected chi connectivity index (χ2v) is 5.95. The molecule has 1 fully saturated rings. The summed E-state index contributed by atoms with van der Waals surface area (Å²) in [4.78, 5) is 18.5. The van der Waals surface area contributed by atoms with Gasteiger partial charge in [-0.3, -0.25) is 0 Å². The van der Waals surface area contributed by atoms with Crippen LogP contribution in [0.1, 0.15) is 50.4 Å². The van der Waals surface area contributed by atoms with Gasteiger partial charge in [-0.25, -0.2) is 9.78 Å². The Bertz CT molecular complexity index is 428. The average molecular weight is 262 g/mol. The lowest BCUT2D eigenvalue weighted by atomic mass is 10.1. The normalized spacial score (nSPS) is 16.3. The lowest BCUT2D eigenvalue weighted by molar-refractivity contribution is 0.00691. The molecule has 0 atom stereocenters. The van der Waals surface area contributed by atoms with Crippen molar-refractivity contribution in [3.63, 3.8) is 0 Å². The first-order valence-electron chi connectivity index (χ1n) is 6.90. The number of carbonyl (C=O) groups is 1. The molecule has 0 bridgehead atoms. The lowest BCUT2D eigenvalue weighted by Crippen LogP contribution is -2.30. The van der Waals surface area contributed by atoms with Crippen molar-refractivity contribution < 1.29 is 9.53 Å². The van der Waals surface area contributed by atoms with Crippen LogP contribution in [0, 0.1) is 0 Å². The summed E-state index contributed by atoms with van der Waals surface area (Å²) in [5, 5.41) is 0. The van der Waals surface area contributed by atoms with Gasteiger partial charge in [0.1, 0.15) is 11.4 Å². The predicted octanol–water partition coefficient (Wildman–Crippen LogP) is 3.03. The zero-order valence-corrected chi connectivity index (χ0v) is 12.0. The number of ether oxygens (including phenoxy) is 1. The first kappa shape index (κ1) is 13.8. The third-order valence-electron chi connectivity index (χ3n) is 3.06. The van der Waals surface area contributed by atoms with Crippen LogP contribution in [0.15, 0.2) is 18.3 Å². The Morgan fingerprint density at radius 2 is 1.89 bits per heavy atom. The number of piperidine rings is 1. The summed E-state index contributed by atoms with van der Waals surface area (Å²) in [7, 11) is 0. The molecule has 1 aromatic heterocycles. The Hall–Kier alpha value is -1.58. The van der Waals surface area contributed by atoms with Crippen LogP contribution < -0.4 is 4.90 Å². The van der Waals surface area contributed by atoms with Crippen LogP contribution in [0.25, 0.3) is 0 Å². The van der Waals surface area contributed by atoms with Crippen molar-refractivity contribution >= 4 is 11.8 Å². The zero-order chi connectivity index (χ0) is 13.9. The van der Waals surface area contributed by atoms with Crippen LogP contribution in [0.3, 0.4) is 0 Å². The van der Waals surface area contributed by atoms with Gasteiger partial charge in [0.25, 0.3) is 0 Å². The molecule has 0 unspecified atom stereocenters. The van der Waals surface area contributed by atoms with E-state index in [0.717, 1.165) is 18.9 Å². The highest BCUT2D eigenvalue weighted by Gasteiger charge is 2.18. The van der Waals surface area contributed by atoms with Crippen molar-refractivity contribution in [2.24, 2.45) is 0 Å². The highest BCUT2D eigenvalue weighted by molar-refractivity contribution is 5.89. The molecule has 1 aliphatic heterocycles. The molecule has 0 spiro atoms. The van der Waals surface area contributed by atoms with Gasteiger partial charge in [0.05, 0.1) is 5.56 Å². The Balaban J connectivity index is 2.03. The van der Waals surface area contributed by atoms with Crippen molar-refractivity contribution in [2.75, 3.05) is 18.0 Å². The van der Waals surface area contributed by atoms with Gasteiger partial charge < -0.3 is 9.64 Å². The monoisotopic (exact) mass is 262 g/mol. The van der Waals surface area contributed by atoms with Crippen LogP contribution in [0.4, 0.5) is 5.82 Å². The number of aromatic nitrogens is 1. The van der Waals surface area contributed by atoms with E-state index in [1.807, 2.05) is 26.8 Å². The fourth-order valence-corrected chi connectivity index (χ4v) is 2.15. The minimum absolute atomic E-state index is 0.315. The number of esters is 1. The highest BCUT2D eigenvalue weighted by atomic mass is 16.6. The predicted molar refractivity (Wildman–Crippen MR) is 75.5 cm³/mol. The molecule has 0 aromatic carbocycles. The van der Waals surface area contributed by atoms with Crippen LogP contribution in [0.2, 0.25) is 0 Å². The number of hydrogen-bond donors (Lipinski definition) is 0. The Morgan fingerprint density at radius 3 is 2.42 bits per heavy atom. The standard InChI is InChI=1S/C15H22N2O2/c1-15(2,3)19-14(18)12-7-8-13(16-11-12)17-9-5-4-6-10-17/h7-8,11H,4-6,9-10H2,1-3H3. The zero-order valence-electron chi connectivity index (χ0n) is 12.0. The summed E-state index contributed by atoms with van der Waals surface area (Å²) in [5.74, 6) is 0.636. The molecule has 4 nitrogen and oxygen atoms in total. The lowest BCUT2D eigenvalue weighted by Gasteiger charge is -2.27. The molecule has 4 heteroatoms. The average Bonchev–Trinajstić information content (AvgIpc) is 2.38. The molecule has 0 saturated carbocycles. The molecule has 2 rings (SSSR count). The third kappa shape index (κ3) is 3.94. The SMILES string of the molecule is CC(C)(C)OC(=O)c1ccc(N2CCCCC2)nc1. The molecular weight excluding hydrogens is 240 g/mol. The molecular formula is C15H22N2O2. The van der Waals surface area contributed by atoms with Crippen LogP contribution in [-0.2, 0) is 4.74 Å². The molecule has 1 saturated heterocycles. The largest absolute Gasteiger partial charge is 0.456 e. The van der Waals surface area contributed by atoms with Crippen molar-refractivity contribution in [2.45, 2.75) is 45.6 Å². The van der Waals surface area contributed by atoms with Crippen molar-refractivity contribution in [3.05, 3.63) is 23.9 Å². The minimum Gasteiger partial charge on any atom is -0.456 e. The maximum atomic E-state index is 11.9. The van der Waals surface area contributed by atoms with Gasteiger partial charge in [-0.2, -0.15) is 0 Å². The van der Waals surface area contributed by atoms with E-state index in [-0.39, 0.29) is 5.97 Å². The maximum Gasteiger partial charge on any atom is 0.340 e. The van der Waals surface area contributed by atoms with Crippen molar-refractivity contribution in [1.29, 1.82) is 0 Å². The first-order valence-corrected chi connectivity index (χ1v) is 6.90. The summed E-state index contributed by atoms with van der Waals surface area (Å²) < 4.78 is 5.32. The minimum atomic E-state index is -0.470. The number of anilines is 1. The summed E-state index contributed by atoms with van der Waals surface area (Å²) >= 11 is 0. The van der Waals surface area contributed by atoms with E-state index < -0.39 is 5.60 Å². The molecule has 19 heavy (non-hydrogen) atoms. The summed E-state index contributed by atoms with van der Waals surface area (Å²) in [6.45, 7) is 7.69. The summed E-state index contributed by atoms with van der Waals surface area (Å²) in [6.07, 6.45) is 5.34. The van der Waals surface area contributed by atoms with Gasteiger partial charge in [-0.1, -0.05) is 0 Å². The molecule has 0 amide bonds. The van der Waals surface area contributed by atoms with Crippen LogP contribution in [0.5, 0.6) is 0 Å². The van der Waals surface area contributed by atoms with Crippen LogP contribution >= 0.6 is 0 Å². The number of rotatable bonds is 2. The van der Waals surface area contributed by atoms with Gasteiger partial charge in [-0.15, -0.1) is 0 Å². The molecule has 1 aromatic rings. The van der Waals surface area contributed by atoms with E-state index in [1.54, 1.807) is 12.3 Å². The Kier molecular flexibility index (Phi) is 4.08. The molecule has 104 valence electrons. The number of pyridine rings is 1. The molecule has 1 aliphatic rings. The van der Waals surface area contributed by atoms with Crippen molar-refractivity contribution in [1.82, 2.24) is 4.98 Å². The molecule has 0 aliphatic carbocycles.